The Morgan fingerprint density at radius 3 is 2.65 bits per heavy atom. The lowest BCUT2D eigenvalue weighted by Gasteiger charge is -2.35. The maximum absolute atomic E-state index is 12.4. The highest BCUT2D eigenvalue weighted by molar-refractivity contribution is 6.34. The average molecular weight is 317 g/mol. The monoisotopic (exact) mass is 316 g/mol. The van der Waals surface area contributed by atoms with Gasteiger partial charge in [-0.2, -0.15) is 0 Å². The van der Waals surface area contributed by atoms with E-state index in [0.717, 1.165) is 13.1 Å². The number of halogens is 2. The summed E-state index contributed by atoms with van der Waals surface area (Å²) in [5.41, 5.74) is 0. The summed E-state index contributed by atoms with van der Waals surface area (Å²) in [7, 11) is 0. The van der Waals surface area contributed by atoms with Crippen LogP contribution in [-0.2, 0) is 4.79 Å². The van der Waals surface area contributed by atoms with E-state index in [0.29, 0.717) is 22.3 Å². The Morgan fingerprint density at radius 2 is 2.05 bits per heavy atom. The first-order chi connectivity index (χ1) is 9.47. The normalized spacial score (nSPS) is 20.6. The molecule has 1 aliphatic heterocycles. The van der Waals surface area contributed by atoms with Gasteiger partial charge in [-0.1, -0.05) is 23.2 Å². The molecule has 0 spiro atoms. The number of nitrogens with one attached hydrogen (secondary N) is 1. The smallest absolute Gasteiger partial charge is 0.263 e. The molecule has 20 heavy (non-hydrogen) atoms. The Labute approximate surface area is 129 Å². The Kier molecular flexibility index (Phi) is 5.13. The second kappa shape index (κ2) is 6.66. The van der Waals surface area contributed by atoms with Gasteiger partial charge < -0.3 is 15.0 Å². The summed E-state index contributed by atoms with van der Waals surface area (Å²) in [6.45, 7) is 6.08. The molecule has 2 rings (SSSR count). The van der Waals surface area contributed by atoms with Crippen LogP contribution in [0.4, 0.5) is 0 Å². The summed E-state index contributed by atoms with van der Waals surface area (Å²) in [6.07, 6.45) is -0.565. The first-order valence-electron chi connectivity index (χ1n) is 6.61. The van der Waals surface area contributed by atoms with Crippen LogP contribution in [0.1, 0.15) is 13.8 Å². The second-order valence-corrected chi connectivity index (χ2v) is 5.82. The average Bonchev–Trinajstić information content (AvgIpc) is 2.37. The molecule has 1 aromatic carbocycles. The zero-order valence-corrected chi connectivity index (χ0v) is 13.0. The van der Waals surface area contributed by atoms with Crippen LogP contribution < -0.4 is 10.1 Å². The molecule has 0 bridgehead atoms. The number of rotatable bonds is 3. The molecule has 1 aromatic rings. The molecule has 0 aliphatic carbocycles. The van der Waals surface area contributed by atoms with Gasteiger partial charge >= 0.3 is 0 Å². The van der Waals surface area contributed by atoms with E-state index >= 15 is 0 Å². The van der Waals surface area contributed by atoms with Crippen molar-refractivity contribution < 1.29 is 9.53 Å². The lowest BCUT2D eigenvalue weighted by atomic mass is 10.2. The summed E-state index contributed by atoms with van der Waals surface area (Å²) in [5.74, 6) is 0.487. The van der Waals surface area contributed by atoms with Gasteiger partial charge in [-0.25, -0.2) is 0 Å². The third-order valence-electron chi connectivity index (χ3n) is 3.28. The standard InChI is InChI=1S/C14H18Cl2N2O2/c1-9-8-17-3-4-18(9)14(19)10(2)20-13-6-11(15)5-12(16)7-13/h5-7,9-10,17H,3-4,8H2,1-2H3/t9-,10?/m1/s1. The van der Waals surface area contributed by atoms with Gasteiger partial charge in [-0.3, -0.25) is 4.79 Å². The van der Waals surface area contributed by atoms with Gasteiger partial charge in [0.15, 0.2) is 6.10 Å². The van der Waals surface area contributed by atoms with E-state index < -0.39 is 6.10 Å². The highest BCUT2D eigenvalue weighted by atomic mass is 35.5. The molecule has 2 atom stereocenters. The highest BCUT2D eigenvalue weighted by Gasteiger charge is 2.27. The molecular weight excluding hydrogens is 299 g/mol. The fourth-order valence-corrected chi connectivity index (χ4v) is 2.76. The molecule has 1 aliphatic rings. The predicted molar refractivity (Wildman–Crippen MR) is 80.6 cm³/mol. The van der Waals surface area contributed by atoms with Crippen LogP contribution in [0.3, 0.4) is 0 Å². The quantitative estimate of drug-likeness (QED) is 0.932. The Hall–Kier alpha value is -0.970. The van der Waals surface area contributed by atoms with Crippen molar-refractivity contribution in [3.63, 3.8) is 0 Å². The number of carbonyl (C=O) groups excluding carboxylic acids is 1. The van der Waals surface area contributed by atoms with E-state index in [1.807, 2.05) is 11.8 Å². The molecule has 1 heterocycles. The van der Waals surface area contributed by atoms with Crippen molar-refractivity contribution in [3.05, 3.63) is 28.2 Å². The van der Waals surface area contributed by atoms with Crippen molar-refractivity contribution in [1.82, 2.24) is 10.2 Å². The lowest BCUT2D eigenvalue weighted by Crippen LogP contribution is -2.55. The predicted octanol–water partition coefficient (Wildman–Crippen LogP) is 2.58. The van der Waals surface area contributed by atoms with Crippen molar-refractivity contribution in [3.8, 4) is 5.75 Å². The largest absolute Gasteiger partial charge is 0.481 e. The first kappa shape index (κ1) is 15.4. The van der Waals surface area contributed by atoms with Gasteiger partial charge in [0.05, 0.1) is 0 Å². The molecule has 0 radical (unpaired) electrons. The van der Waals surface area contributed by atoms with E-state index in [2.05, 4.69) is 5.32 Å². The van der Waals surface area contributed by atoms with E-state index in [9.17, 15) is 4.79 Å². The van der Waals surface area contributed by atoms with Crippen molar-refractivity contribution in [2.75, 3.05) is 19.6 Å². The van der Waals surface area contributed by atoms with Crippen LogP contribution >= 0.6 is 23.2 Å². The van der Waals surface area contributed by atoms with Crippen LogP contribution in [0.2, 0.25) is 10.0 Å². The number of ether oxygens (including phenoxy) is 1. The summed E-state index contributed by atoms with van der Waals surface area (Å²) >= 11 is 11.8. The van der Waals surface area contributed by atoms with E-state index in [4.69, 9.17) is 27.9 Å². The number of benzene rings is 1. The summed E-state index contributed by atoms with van der Waals surface area (Å²) in [4.78, 5) is 14.2. The van der Waals surface area contributed by atoms with Crippen LogP contribution in [-0.4, -0.2) is 42.6 Å². The number of piperazine rings is 1. The van der Waals surface area contributed by atoms with E-state index in [1.54, 1.807) is 25.1 Å². The number of nitrogens with zero attached hydrogens (tertiary/aromatic N) is 1. The molecule has 4 nitrogen and oxygen atoms in total. The van der Waals surface area contributed by atoms with Crippen molar-refractivity contribution in [2.24, 2.45) is 0 Å². The number of amides is 1. The molecule has 1 saturated heterocycles. The summed E-state index contributed by atoms with van der Waals surface area (Å²) in [5, 5.41) is 4.23. The van der Waals surface area contributed by atoms with Gasteiger partial charge in [0.1, 0.15) is 5.75 Å². The fraction of sp³-hybridized carbons (Fsp3) is 0.500. The third kappa shape index (κ3) is 3.78. The number of hydrogen-bond acceptors (Lipinski definition) is 3. The fourth-order valence-electron chi connectivity index (χ4n) is 2.25. The maximum atomic E-state index is 12.4. The van der Waals surface area contributed by atoms with Gasteiger partial charge in [-0.15, -0.1) is 0 Å². The van der Waals surface area contributed by atoms with Crippen molar-refractivity contribution in [1.29, 1.82) is 0 Å². The minimum Gasteiger partial charge on any atom is -0.481 e. The maximum Gasteiger partial charge on any atom is 0.263 e. The topological polar surface area (TPSA) is 41.6 Å². The molecule has 1 N–H and O–H groups in total. The van der Waals surface area contributed by atoms with Crippen LogP contribution in [0, 0.1) is 0 Å². The minimum atomic E-state index is -0.565. The van der Waals surface area contributed by atoms with Crippen LogP contribution in [0.25, 0.3) is 0 Å². The minimum absolute atomic E-state index is 0.0184. The van der Waals surface area contributed by atoms with Crippen molar-refractivity contribution >= 4 is 29.1 Å². The van der Waals surface area contributed by atoms with E-state index in [-0.39, 0.29) is 11.9 Å². The van der Waals surface area contributed by atoms with E-state index in [1.165, 1.54) is 0 Å². The van der Waals surface area contributed by atoms with Gasteiger partial charge in [0.2, 0.25) is 0 Å². The van der Waals surface area contributed by atoms with Crippen molar-refractivity contribution in [2.45, 2.75) is 26.0 Å². The van der Waals surface area contributed by atoms with Gasteiger partial charge in [-0.05, 0) is 32.0 Å². The van der Waals surface area contributed by atoms with Crippen LogP contribution in [0.15, 0.2) is 18.2 Å². The second-order valence-electron chi connectivity index (χ2n) is 4.95. The zero-order valence-electron chi connectivity index (χ0n) is 11.5. The Balaban J connectivity index is 2.03. The Bertz CT molecular complexity index is 476. The molecular formula is C14H18Cl2N2O2. The van der Waals surface area contributed by atoms with Crippen LogP contribution in [0.5, 0.6) is 5.75 Å². The van der Waals surface area contributed by atoms with Gasteiger partial charge in [0.25, 0.3) is 5.91 Å². The number of hydrogen-bond donors (Lipinski definition) is 1. The number of carbonyl (C=O) groups is 1. The molecule has 1 fully saturated rings. The molecule has 6 heteroatoms. The molecule has 0 saturated carbocycles. The molecule has 1 amide bonds. The first-order valence-corrected chi connectivity index (χ1v) is 7.37. The molecule has 0 aromatic heterocycles. The Morgan fingerprint density at radius 1 is 1.40 bits per heavy atom. The summed E-state index contributed by atoms with van der Waals surface area (Å²) < 4.78 is 5.66. The molecule has 110 valence electrons. The lowest BCUT2D eigenvalue weighted by molar-refractivity contribution is -0.140. The molecule has 1 unspecified atom stereocenters. The zero-order chi connectivity index (χ0) is 14.7. The summed E-state index contributed by atoms with van der Waals surface area (Å²) in [6, 6.07) is 5.10. The highest BCUT2D eigenvalue weighted by Crippen LogP contribution is 2.25. The van der Waals surface area contributed by atoms with Gasteiger partial charge in [0, 0.05) is 35.7 Å². The SMILES string of the molecule is CC(Oc1cc(Cl)cc(Cl)c1)C(=O)N1CCNC[C@H]1C. The third-order valence-corrected chi connectivity index (χ3v) is 3.72.